The third-order valence-electron chi connectivity index (χ3n) is 1.78. The first-order valence-electron chi connectivity index (χ1n) is 4.56. The van der Waals surface area contributed by atoms with E-state index >= 15 is 0 Å². The van der Waals surface area contributed by atoms with Crippen molar-refractivity contribution >= 4 is 29.1 Å². The highest BCUT2D eigenvalue weighted by Crippen LogP contribution is 2.17. The molecule has 0 bridgehead atoms. The number of carbonyl (C=O) groups is 1. The van der Waals surface area contributed by atoms with Gasteiger partial charge >= 0.3 is 5.97 Å². The minimum Gasteiger partial charge on any atom is -0.480 e. The SMILES string of the molecule is Cc1csc(CSCCC(N)C(=O)O)n1. The third kappa shape index (κ3) is 4.63. The van der Waals surface area contributed by atoms with Gasteiger partial charge in [-0.05, 0) is 19.1 Å². The van der Waals surface area contributed by atoms with Gasteiger partial charge in [0.25, 0.3) is 0 Å². The first kappa shape index (κ1) is 12.5. The summed E-state index contributed by atoms with van der Waals surface area (Å²) in [4.78, 5) is 14.7. The molecule has 0 aliphatic rings. The number of aryl methyl sites for hydroxylation is 1. The molecule has 3 N–H and O–H groups in total. The zero-order valence-electron chi connectivity index (χ0n) is 8.47. The number of thiazole rings is 1. The van der Waals surface area contributed by atoms with Crippen LogP contribution in [-0.4, -0.2) is 27.9 Å². The number of thioether (sulfide) groups is 1. The lowest BCUT2D eigenvalue weighted by Gasteiger charge is -2.04. The van der Waals surface area contributed by atoms with Gasteiger partial charge in [-0.3, -0.25) is 4.79 Å². The van der Waals surface area contributed by atoms with Crippen molar-refractivity contribution in [3.05, 3.63) is 16.1 Å². The molecular formula is C9H14N2O2S2. The number of nitrogens with zero attached hydrogens (tertiary/aromatic N) is 1. The fourth-order valence-electron chi connectivity index (χ4n) is 0.962. The molecule has 0 saturated carbocycles. The van der Waals surface area contributed by atoms with Gasteiger partial charge in [0.15, 0.2) is 0 Å². The average Bonchev–Trinajstić information content (AvgIpc) is 2.58. The van der Waals surface area contributed by atoms with Crippen molar-refractivity contribution in [3.8, 4) is 0 Å². The normalized spacial score (nSPS) is 12.7. The number of hydrogen-bond acceptors (Lipinski definition) is 5. The molecule has 0 radical (unpaired) electrons. The molecule has 4 nitrogen and oxygen atoms in total. The number of nitrogens with two attached hydrogens (primary N) is 1. The molecule has 0 aliphatic heterocycles. The summed E-state index contributed by atoms with van der Waals surface area (Å²) in [5.74, 6) is 0.664. The Labute approximate surface area is 96.9 Å². The average molecular weight is 246 g/mol. The molecule has 1 heterocycles. The van der Waals surface area contributed by atoms with E-state index < -0.39 is 12.0 Å². The summed E-state index contributed by atoms with van der Waals surface area (Å²) in [6.07, 6.45) is 0.504. The van der Waals surface area contributed by atoms with Crippen LogP contribution in [0.2, 0.25) is 0 Å². The van der Waals surface area contributed by atoms with Gasteiger partial charge in [-0.25, -0.2) is 4.98 Å². The lowest BCUT2D eigenvalue weighted by atomic mass is 10.2. The largest absolute Gasteiger partial charge is 0.480 e. The number of carboxylic acids is 1. The zero-order chi connectivity index (χ0) is 11.3. The fourth-order valence-corrected chi connectivity index (χ4v) is 2.84. The number of aliphatic carboxylic acids is 1. The van der Waals surface area contributed by atoms with Crippen molar-refractivity contribution in [2.24, 2.45) is 5.73 Å². The van der Waals surface area contributed by atoms with Crippen molar-refractivity contribution in [2.45, 2.75) is 25.1 Å². The van der Waals surface area contributed by atoms with E-state index in [2.05, 4.69) is 4.98 Å². The summed E-state index contributed by atoms with van der Waals surface area (Å²) in [5.41, 5.74) is 6.41. The van der Waals surface area contributed by atoms with Gasteiger partial charge in [-0.1, -0.05) is 0 Å². The number of carboxylic acid groups (broad SMARTS) is 1. The predicted octanol–water partition coefficient (Wildman–Crippen LogP) is 1.49. The van der Waals surface area contributed by atoms with E-state index in [1.54, 1.807) is 23.1 Å². The van der Waals surface area contributed by atoms with Crippen molar-refractivity contribution in [3.63, 3.8) is 0 Å². The maximum absolute atomic E-state index is 10.4. The van der Waals surface area contributed by atoms with Crippen LogP contribution in [0.3, 0.4) is 0 Å². The Hall–Kier alpha value is -0.590. The van der Waals surface area contributed by atoms with Crippen LogP contribution in [0.1, 0.15) is 17.1 Å². The van der Waals surface area contributed by atoms with E-state index in [-0.39, 0.29) is 0 Å². The monoisotopic (exact) mass is 246 g/mol. The minimum absolute atomic E-state index is 0.504. The molecule has 84 valence electrons. The molecule has 6 heteroatoms. The highest BCUT2D eigenvalue weighted by atomic mass is 32.2. The number of hydrogen-bond donors (Lipinski definition) is 2. The zero-order valence-corrected chi connectivity index (χ0v) is 10.1. The van der Waals surface area contributed by atoms with E-state index in [1.807, 2.05) is 12.3 Å². The summed E-state index contributed by atoms with van der Waals surface area (Å²) >= 11 is 3.31. The van der Waals surface area contributed by atoms with Gasteiger partial charge < -0.3 is 10.8 Å². The fraction of sp³-hybridized carbons (Fsp3) is 0.556. The van der Waals surface area contributed by atoms with Crippen LogP contribution in [0.4, 0.5) is 0 Å². The molecule has 0 saturated heterocycles. The molecule has 0 spiro atoms. The molecule has 1 rings (SSSR count). The highest BCUT2D eigenvalue weighted by Gasteiger charge is 2.10. The van der Waals surface area contributed by atoms with Gasteiger partial charge in [-0.2, -0.15) is 11.8 Å². The van der Waals surface area contributed by atoms with Gasteiger partial charge in [0, 0.05) is 16.8 Å². The van der Waals surface area contributed by atoms with E-state index in [0.717, 1.165) is 22.2 Å². The summed E-state index contributed by atoms with van der Waals surface area (Å²) in [6, 6.07) is -0.740. The summed E-state index contributed by atoms with van der Waals surface area (Å²) in [6.45, 7) is 1.96. The van der Waals surface area contributed by atoms with E-state index in [0.29, 0.717) is 6.42 Å². The topological polar surface area (TPSA) is 76.2 Å². The molecule has 15 heavy (non-hydrogen) atoms. The van der Waals surface area contributed by atoms with Crippen LogP contribution < -0.4 is 5.73 Å². The predicted molar refractivity (Wildman–Crippen MR) is 63.2 cm³/mol. The van der Waals surface area contributed by atoms with Crippen molar-refractivity contribution in [1.29, 1.82) is 0 Å². The minimum atomic E-state index is -0.930. The smallest absolute Gasteiger partial charge is 0.320 e. The second-order valence-corrected chi connectivity index (χ2v) is 5.22. The molecule has 0 amide bonds. The van der Waals surface area contributed by atoms with Crippen LogP contribution >= 0.6 is 23.1 Å². The van der Waals surface area contributed by atoms with Crippen LogP contribution in [-0.2, 0) is 10.5 Å². The Morgan fingerprint density at radius 3 is 3.07 bits per heavy atom. The van der Waals surface area contributed by atoms with Crippen LogP contribution in [0.15, 0.2) is 5.38 Å². The van der Waals surface area contributed by atoms with Gasteiger partial charge in [0.05, 0.1) is 0 Å². The number of rotatable bonds is 6. The first-order chi connectivity index (χ1) is 7.09. The first-order valence-corrected chi connectivity index (χ1v) is 6.60. The molecule has 0 aliphatic carbocycles. The maximum Gasteiger partial charge on any atom is 0.320 e. The van der Waals surface area contributed by atoms with E-state index in [9.17, 15) is 4.79 Å². The molecule has 1 aromatic heterocycles. The lowest BCUT2D eigenvalue weighted by Crippen LogP contribution is -2.30. The van der Waals surface area contributed by atoms with Crippen LogP contribution in [0.25, 0.3) is 0 Å². The second-order valence-electron chi connectivity index (χ2n) is 3.17. The third-order valence-corrected chi connectivity index (χ3v) is 3.93. The van der Waals surface area contributed by atoms with Crippen molar-refractivity contribution < 1.29 is 9.90 Å². The summed E-state index contributed by atoms with van der Waals surface area (Å²) in [5, 5.41) is 11.7. The van der Waals surface area contributed by atoms with Crippen LogP contribution in [0.5, 0.6) is 0 Å². The van der Waals surface area contributed by atoms with Gasteiger partial charge in [-0.15, -0.1) is 11.3 Å². The standard InChI is InChI=1S/C9H14N2O2S2/c1-6-4-15-8(11-6)5-14-3-2-7(10)9(12)13/h4,7H,2-3,5,10H2,1H3,(H,12,13). The Morgan fingerprint density at radius 1 is 1.80 bits per heavy atom. The van der Waals surface area contributed by atoms with Gasteiger partial charge in [0.2, 0.25) is 0 Å². The number of aromatic nitrogens is 1. The second kappa shape index (κ2) is 6.09. The summed E-state index contributed by atoms with van der Waals surface area (Å²) in [7, 11) is 0. The molecule has 0 aromatic carbocycles. The van der Waals surface area contributed by atoms with E-state index in [1.165, 1.54) is 0 Å². The van der Waals surface area contributed by atoms with Crippen molar-refractivity contribution in [1.82, 2.24) is 4.98 Å². The molecule has 1 atom stereocenters. The summed E-state index contributed by atoms with van der Waals surface area (Å²) < 4.78 is 0. The molecule has 1 unspecified atom stereocenters. The Balaban J connectivity index is 2.14. The quantitative estimate of drug-likeness (QED) is 0.744. The Kier molecular flexibility index (Phi) is 5.07. The molecule has 0 fully saturated rings. The Morgan fingerprint density at radius 2 is 2.53 bits per heavy atom. The maximum atomic E-state index is 10.4. The van der Waals surface area contributed by atoms with Gasteiger partial charge in [0.1, 0.15) is 11.0 Å². The van der Waals surface area contributed by atoms with Crippen LogP contribution in [0, 0.1) is 6.92 Å². The van der Waals surface area contributed by atoms with E-state index in [4.69, 9.17) is 10.8 Å². The highest BCUT2D eigenvalue weighted by molar-refractivity contribution is 7.98. The molecular weight excluding hydrogens is 232 g/mol. The lowest BCUT2D eigenvalue weighted by molar-refractivity contribution is -0.138. The molecule has 1 aromatic rings. The Bertz CT molecular complexity index is 328. The van der Waals surface area contributed by atoms with Crippen molar-refractivity contribution in [2.75, 3.05) is 5.75 Å².